The highest BCUT2D eigenvalue weighted by Gasteiger charge is 2.08. The van der Waals surface area contributed by atoms with E-state index in [4.69, 9.17) is 9.47 Å². The predicted molar refractivity (Wildman–Crippen MR) is 90.4 cm³/mol. The maximum absolute atomic E-state index is 11.7. The van der Waals surface area contributed by atoms with Crippen molar-refractivity contribution in [3.05, 3.63) is 29.8 Å². The molecule has 1 aromatic rings. The molecule has 0 bridgehead atoms. The summed E-state index contributed by atoms with van der Waals surface area (Å²) in [5, 5.41) is 0. The summed E-state index contributed by atoms with van der Waals surface area (Å²) in [6.07, 6.45) is 6.59. The van der Waals surface area contributed by atoms with Crippen LogP contribution < -0.4 is 4.74 Å². The van der Waals surface area contributed by atoms with E-state index in [1.807, 2.05) is 25.1 Å². The Hall–Kier alpha value is -1.84. The molecule has 0 radical (unpaired) electrons. The second kappa shape index (κ2) is 11.7. The highest BCUT2D eigenvalue weighted by atomic mass is 16.5. The van der Waals surface area contributed by atoms with Gasteiger partial charge in [0, 0.05) is 12.8 Å². The van der Waals surface area contributed by atoms with E-state index in [1.165, 1.54) is 19.3 Å². The predicted octanol–water partition coefficient (Wildman–Crippen LogP) is 4.58. The summed E-state index contributed by atoms with van der Waals surface area (Å²) in [4.78, 5) is 23.2. The number of carbonyl (C=O) groups is 2. The van der Waals surface area contributed by atoms with Gasteiger partial charge in [-0.3, -0.25) is 9.59 Å². The fraction of sp³-hybridized carbons (Fsp3) is 0.579. The molecule has 0 aliphatic rings. The first kappa shape index (κ1) is 19.2. The fourth-order valence-electron chi connectivity index (χ4n) is 2.20. The zero-order chi connectivity index (χ0) is 16.9. The third-order valence-corrected chi connectivity index (χ3v) is 3.49. The van der Waals surface area contributed by atoms with Crippen LogP contribution in [0.5, 0.6) is 5.75 Å². The van der Waals surface area contributed by atoms with Crippen LogP contribution in [0, 0.1) is 6.92 Å². The lowest BCUT2D eigenvalue weighted by atomic mass is 10.2. The SMILES string of the molecule is CCCCCCCOC(=O)CCCC(=O)Oc1cccc(C)c1. The van der Waals surface area contributed by atoms with Crippen LogP contribution in [0.25, 0.3) is 0 Å². The van der Waals surface area contributed by atoms with Gasteiger partial charge >= 0.3 is 11.9 Å². The molecule has 0 saturated heterocycles. The minimum absolute atomic E-state index is 0.222. The van der Waals surface area contributed by atoms with E-state index in [9.17, 15) is 9.59 Å². The molecule has 4 heteroatoms. The van der Waals surface area contributed by atoms with E-state index in [0.717, 1.165) is 18.4 Å². The molecule has 0 aromatic heterocycles. The van der Waals surface area contributed by atoms with Crippen LogP contribution in [0.2, 0.25) is 0 Å². The summed E-state index contributed by atoms with van der Waals surface area (Å²) in [7, 11) is 0. The Morgan fingerprint density at radius 3 is 2.43 bits per heavy atom. The molecule has 0 heterocycles. The highest BCUT2D eigenvalue weighted by molar-refractivity contribution is 5.74. The summed E-state index contributed by atoms with van der Waals surface area (Å²) in [5.41, 5.74) is 1.04. The lowest BCUT2D eigenvalue weighted by Crippen LogP contribution is -2.10. The van der Waals surface area contributed by atoms with E-state index >= 15 is 0 Å². The molecule has 0 atom stereocenters. The average Bonchev–Trinajstić information content (AvgIpc) is 2.50. The van der Waals surface area contributed by atoms with E-state index in [2.05, 4.69) is 6.92 Å². The van der Waals surface area contributed by atoms with Crippen molar-refractivity contribution in [2.75, 3.05) is 6.61 Å². The Balaban J connectivity index is 2.06. The Bertz CT molecular complexity index is 482. The number of carbonyl (C=O) groups excluding carboxylic acids is 2. The first-order chi connectivity index (χ1) is 11.1. The van der Waals surface area contributed by atoms with Gasteiger partial charge in [-0.05, 0) is 37.5 Å². The number of hydrogen-bond acceptors (Lipinski definition) is 4. The van der Waals surface area contributed by atoms with Crippen LogP contribution in [0.1, 0.15) is 63.9 Å². The first-order valence-electron chi connectivity index (χ1n) is 8.54. The van der Waals surface area contributed by atoms with Gasteiger partial charge in [0.1, 0.15) is 5.75 Å². The van der Waals surface area contributed by atoms with Crippen molar-refractivity contribution in [3.8, 4) is 5.75 Å². The molecular weight excluding hydrogens is 292 g/mol. The van der Waals surface area contributed by atoms with Crippen molar-refractivity contribution in [1.82, 2.24) is 0 Å². The summed E-state index contributed by atoms with van der Waals surface area (Å²) < 4.78 is 10.4. The molecule has 0 fully saturated rings. The van der Waals surface area contributed by atoms with Gasteiger partial charge in [0.15, 0.2) is 0 Å². The summed E-state index contributed by atoms with van der Waals surface area (Å²) in [6.45, 7) is 4.59. The molecule has 0 spiro atoms. The van der Waals surface area contributed by atoms with Crippen LogP contribution in [0.15, 0.2) is 24.3 Å². The number of ether oxygens (including phenoxy) is 2. The quantitative estimate of drug-likeness (QED) is 0.340. The zero-order valence-electron chi connectivity index (χ0n) is 14.3. The van der Waals surface area contributed by atoms with Gasteiger partial charge < -0.3 is 9.47 Å². The van der Waals surface area contributed by atoms with Crippen LogP contribution in [0.3, 0.4) is 0 Å². The van der Waals surface area contributed by atoms with Gasteiger partial charge in [-0.15, -0.1) is 0 Å². The number of benzene rings is 1. The van der Waals surface area contributed by atoms with Crippen LogP contribution >= 0.6 is 0 Å². The molecule has 1 rings (SSSR count). The summed E-state index contributed by atoms with van der Waals surface area (Å²) >= 11 is 0. The first-order valence-corrected chi connectivity index (χ1v) is 8.54. The average molecular weight is 320 g/mol. The van der Waals surface area contributed by atoms with Gasteiger partial charge in [0.2, 0.25) is 0 Å². The smallest absolute Gasteiger partial charge is 0.311 e. The molecule has 128 valence electrons. The maximum atomic E-state index is 11.7. The monoisotopic (exact) mass is 320 g/mol. The lowest BCUT2D eigenvalue weighted by Gasteiger charge is -2.06. The molecule has 0 aliphatic heterocycles. The molecule has 4 nitrogen and oxygen atoms in total. The van der Waals surface area contributed by atoms with Crippen molar-refractivity contribution < 1.29 is 19.1 Å². The molecule has 1 aromatic carbocycles. The third-order valence-electron chi connectivity index (χ3n) is 3.49. The van der Waals surface area contributed by atoms with Crippen LogP contribution in [-0.2, 0) is 14.3 Å². The van der Waals surface area contributed by atoms with E-state index < -0.39 is 0 Å². The molecule has 0 unspecified atom stereocenters. The van der Waals surface area contributed by atoms with E-state index in [0.29, 0.717) is 18.8 Å². The number of rotatable bonds is 11. The van der Waals surface area contributed by atoms with Gasteiger partial charge in [0.25, 0.3) is 0 Å². The summed E-state index contributed by atoms with van der Waals surface area (Å²) in [5.74, 6) is -0.00327. The van der Waals surface area contributed by atoms with Crippen molar-refractivity contribution in [1.29, 1.82) is 0 Å². The molecular formula is C19H28O4. The molecule has 23 heavy (non-hydrogen) atoms. The van der Waals surface area contributed by atoms with Crippen LogP contribution in [-0.4, -0.2) is 18.5 Å². The minimum atomic E-state index is -0.317. The third kappa shape index (κ3) is 9.72. The highest BCUT2D eigenvalue weighted by Crippen LogP contribution is 2.13. The largest absolute Gasteiger partial charge is 0.466 e. The van der Waals surface area contributed by atoms with E-state index in [1.54, 1.807) is 6.07 Å². The zero-order valence-corrected chi connectivity index (χ0v) is 14.3. The minimum Gasteiger partial charge on any atom is -0.466 e. The van der Waals surface area contributed by atoms with Crippen LogP contribution in [0.4, 0.5) is 0 Å². The molecule has 0 aliphatic carbocycles. The van der Waals surface area contributed by atoms with Crippen molar-refractivity contribution in [3.63, 3.8) is 0 Å². The summed E-state index contributed by atoms with van der Waals surface area (Å²) in [6, 6.07) is 7.34. The van der Waals surface area contributed by atoms with Gasteiger partial charge in [0.05, 0.1) is 6.61 Å². The standard InChI is InChI=1S/C19H28O4/c1-3-4-5-6-7-14-22-18(20)12-9-13-19(21)23-17-11-8-10-16(2)15-17/h8,10-11,15H,3-7,9,12-14H2,1-2H3. The number of unbranched alkanes of at least 4 members (excludes halogenated alkanes) is 4. The number of esters is 2. The molecule has 0 amide bonds. The lowest BCUT2D eigenvalue weighted by molar-refractivity contribution is -0.144. The Morgan fingerprint density at radius 1 is 0.957 bits per heavy atom. The van der Waals surface area contributed by atoms with E-state index in [-0.39, 0.29) is 24.8 Å². The van der Waals surface area contributed by atoms with Crippen molar-refractivity contribution >= 4 is 11.9 Å². The van der Waals surface area contributed by atoms with Gasteiger partial charge in [-0.1, -0.05) is 44.7 Å². The molecule has 0 saturated carbocycles. The Labute approximate surface area is 139 Å². The number of hydrogen-bond donors (Lipinski definition) is 0. The van der Waals surface area contributed by atoms with Gasteiger partial charge in [-0.2, -0.15) is 0 Å². The normalized spacial score (nSPS) is 10.3. The molecule has 0 N–H and O–H groups in total. The topological polar surface area (TPSA) is 52.6 Å². The maximum Gasteiger partial charge on any atom is 0.311 e. The van der Waals surface area contributed by atoms with Crippen molar-refractivity contribution in [2.24, 2.45) is 0 Å². The second-order valence-electron chi connectivity index (χ2n) is 5.78. The number of aryl methyl sites for hydroxylation is 1. The Kier molecular flexibility index (Phi) is 9.76. The fourth-order valence-corrected chi connectivity index (χ4v) is 2.20. The van der Waals surface area contributed by atoms with Gasteiger partial charge in [-0.25, -0.2) is 0 Å². The Morgan fingerprint density at radius 2 is 1.70 bits per heavy atom. The second-order valence-corrected chi connectivity index (χ2v) is 5.78. The van der Waals surface area contributed by atoms with Crippen molar-refractivity contribution in [2.45, 2.75) is 65.2 Å².